The first-order valence-electron chi connectivity index (χ1n) is 2.82. The van der Waals surface area contributed by atoms with E-state index in [9.17, 15) is 0 Å². The lowest BCUT2D eigenvalue weighted by molar-refractivity contribution is 0.281. The quantitative estimate of drug-likeness (QED) is 0.544. The Morgan fingerprint density at radius 2 is 2.38 bits per heavy atom. The highest BCUT2D eigenvalue weighted by Gasteiger charge is 2.07. The van der Waals surface area contributed by atoms with Crippen LogP contribution in [0.15, 0.2) is 11.5 Å². The van der Waals surface area contributed by atoms with Crippen LogP contribution in [0.4, 0.5) is 0 Å². The molecule has 1 aliphatic rings. The van der Waals surface area contributed by atoms with Crippen molar-refractivity contribution < 1.29 is 4.74 Å². The van der Waals surface area contributed by atoms with E-state index in [0.717, 1.165) is 18.7 Å². The molecule has 0 radical (unpaired) electrons. The standard InChI is InChI=1S/C6H11NO/c1-5-6(8-2)3-4-7-5/h7H,3-4H2,1-2H3. The van der Waals surface area contributed by atoms with Crippen LogP contribution in [0, 0.1) is 0 Å². The predicted octanol–water partition coefficient (Wildman–Crippen LogP) is 0.858. The van der Waals surface area contributed by atoms with Gasteiger partial charge in [-0.15, -0.1) is 0 Å². The lowest BCUT2D eigenvalue weighted by Gasteiger charge is -1.97. The van der Waals surface area contributed by atoms with Crippen LogP contribution in [-0.2, 0) is 4.74 Å². The Bertz CT molecular complexity index is 118. The first kappa shape index (κ1) is 5.48. The van der Waals surface area contributed by atoms with Gasteiger partial charge in [-0.25, -0.2) is 0 Å². The molecule has 0 aromatic carbocycles. The van der Waals surface area contributed by atoms with Gasteiger partial charge in [0.05, 0.1) is 7.11 Å². The van der Waals surface area contributed by atoms with Crippen LogP contribution in [0.5, 0.6) is 0 Å². The highest BCUT2D eigenvalue weighted by Crippen LogP contribution is 2.11. The lowest BCUT2D eigenvalue weighted by atomic mass is 10.4. The van der Waals surface area contributed by atoms with Crippen molar-refractivity contribution in [2.24, 2.45) is 0 Å². The molecule has 0 spiro atoms. The molecule has 0 unspecified atom stereocenters. The van der Waals surface area contributed by atoms with Crippen LogP contribution in [0.3, 0.4) is 0 Å². The van der Waals surface area contributed by atoms with Gasteiger partial charge in [0.2, 0.25) is 0 Å². The van der Waals surface area contributed by atoms with Crippen LogP contribution in [0.1, 0.15) is 13.3 Å². The first-order chi connectivity index (χ1) is 3.84. The van der Waals surface area contributed by atoms with E-state index in [-0.39, 0.29) is 0 Å². The van der Waals surface area contributed by atoms with E-state index in [0.29, 0.717) is 0 Å². The molecule has 0 bridgehead atoms. The average Bonchev–Trinajstić information content (AvgIpc) is 2.14. The topological polar surface area (TPSA) is 21.3 Å². The molecule has 1 aliphatic heterocycles. The molecule has 0 saturated heterocycles. The Morgan fingerprint density at radius 3 is 2.62 bits per heavy atom. The zero-order valence-corrected chi connectivity index (χ0v) is 5.32. The molecular weight excluding hydrogens is 102 g/mol. The summed E-state index contributed by atoms with van der Waals surface area (Å²) in [6.07, 6.45) is 1.04. The van der Waals surface area contributed by atoms with Crippen molar-refractivity contribution in [3.63, 3.8) is 0 Å². The molecule has 0 aliphatic carbocycles. The summed E-state index contributed by atoms with van der Waals surface area (Å²) < 4.78 is 5.04. The Hall–Kier alpha value is -0.660. The van der Waals surface area contributed by atoms with Crippen LogP contribution in [-0.4, -0.2) is 13.7 Å². The van der Waals surface area contributed by atoms with Gasteiger partial charge in [0.15, 0.2) is 0 Å². The van der Waals surface area contributed by atoms with E-state index in [1.54, 1.807) is 7.11 Å². The smallest absolute Gasteiger partial charge is 0.116 e. The normalized spacial score (nSPS) is 18.8. The second-order valence-electron chi connectivity index (χ2n) is 1.93. The minimum atomic E-state index is 1.04. The van der Waals surface area contributed by atoms with Crippen molar-refractivity contribution in [1.29, 1.82) is 0 Å². The summed E-state index contributed by atoms with van der Waals surface area (Å²) in [6, 6.07) is 0. The van der Waals surface area contributed by atoms with Crippen molar-refractivity contribution >= 4 is 0 Å². The van der Waals surface area contributed by atoms with Gasteiger partial charge in [-0.1, -0.05) is 0 Å². The zero-order valence-electron chi connectivity index (χ0n) is 5.32. The summed E-state index contributed by atoms with van der Waals surface area (Å²) in [5.41, 5.74) is 1.19. The molecule has 46 valence electrons. The Labute approximate surface area is 49.5 Å². The molecule has 0 amide bonds. The SMILES string of the molecule is COC1=C(C)NCC1. The van der Waals surface area contributed by atoms with Crippen LogP contribution in [0.2, 0.25) is 0 Å². The molecular formula is C6H11NO. The number of ether oxygens (including phenoxy) is 1. The molecule has 1 rings (SSSR count). The Balaban J connectivity index is 2.58. The van der Waals surface area contributed by atoms with Crippen molar-refractivity contribution in [2.75, 3.05) is 13.7 Å². The third-order valence-corrected chi connectivity index (χ3v) is 1.41. The minimum Gasteiger partial charge on any atom is -0.499 e. The van der Waals surface area contributed by atoms with E-state index in [4.69, 9.17) is 4.74 Å². The molecule has 0 aromatic heterocycles. The molecule has 1 heterocycles. The van der Waals surface area contributed by atoms with Crippen molar-refractivity contribution in [2.45, 2.75) is 13.3 Å². The molecule has 0 saturated carbocycles. The average molecular weight is 113 g/mol. The van der Waals surface area contributed by atoms with Gasteiger partial charge in [-0.3, -0.25) is 0 Å². The van der Waals surface area contributed by atoms with E-state index in [2.05, 4.69) is 5.32 Å². The van der Waals surface area contributed by atoms with Gasteiger partial charge >= 0.3 is 0 Å². The molecule has 2 nitrogen and oxygen atoms in total. The van der Waals surface area contributed by atoms with E-state index < -0.39 is 0 Å². The van der Waals surface area contributed by atoms with Crippen molar-refractivity contribution in [1.82, 2.24) is 5.32 Å². The molecule has 0 atom stereocenters. The summed E-state index contributed by atoms with van der Waals surface area (Å²) in [5, 5.41) is 3.18. The molecule has 2 heteroatoms. The van der Waals surface area contributed by atoms with E-state index >= 15 is 0 Å². The van der Waals surface area contributed by atoms with Gasteiger partial charge in [0, 0.05) is 18.7 Å². The van der Waals surface area contributed by atoms with E-state index in [1.807, 2.05) is 6.92 Å². The fourth-order valence-electron chi connectivity index (χ4n) is 0.905. The zero-order chi connectivity index (χ0) is 5.98. The summed E-state index contributed by atoms with van der Waals surface area (Å²) >= 11 is 0. The maximum absolute atomic E-state index is 5.04. The van der Waals surface area contributed by atoms with Crippen LogP contribution in [0.25, 0.3) is 0 Å². The third kappa shape index (κ3) is 0.782. The predicted molar refractivity (Wildman–Crippen MR) is 32.3 cm³/mol. The van der Waals surface area contributed by atoms with Crippen LogP contribution >= 0.6 is 0 Å². The van der Waals surface area contributed by atoms with Crippen molar-refractivity contribution in [3.05, 3.63) is 11.5 Å². The largest absolute Gasteiger partial charge is 0.499 e. The maximum atomic E-state index is 5.04. The van der Waals surface area contributed by atoms with E-state index in [1.165, 1.54) is 5.70 Å². The maximum Gasteiger partial charge on any atom is 0.116 e. The minimum absolute atomic E-state index is 1.04. The molecule has 1 N–H and O–H groups in total. The summed E-state index contributed by atoms with van der Waals surface area (Å²) in [4.78, 5) is 0. The number of methoxy groups -OCH3 is 1. The number of hydrogen-bond acceptors (Lipinski definition) is 2. The van der Waals surface area contributed by atoms with Gasteiger partial charge in [-0.2, -0.15) is 0 Å². The van der Waals surface area contributed by atoms with Crippen LogP contribution < -0.4 is 5.32 Å². The summed E-state index contributed by atoms with van der Waals surface area (Å²) in [5.74, 6) is 1.10. The molecule has 0 fully saturated rings. The third-order valence-electron chi connectivity index (χ3n) is 1.41. The number of rotatable bonds is 1. The monoisotopic (exact) mass is 113 g/mol. The molecule has 0 aromatic rings. The first-order valence-corrected chi connectivity index (χ1v) is 2.82. The lowest BCUT2D eigenvalue weighted by Crippen LogP contribution is -2.03. The highest BCUT2D eigenvalue weighted by molar-refractivity contribution is 5.09. The summed E-state index contributed by atoms with van der Waals surface area (Å²) in [6.45, 7) is 3.07. The van der Waals surface area contributed by atoms with Gasteiger partial charge in [-0.05, 0) is 6.92 Å². The highest BCUT2D eigenvalue weighted by atomic mass is 16.5. The van der Waals surface area contributed by atoms with Gasteiger partial charge < -0.3 is 10.1 Å². The number of allylic oxidation sites excluding steroid dienone is 1. The Morgan fingerprint density at radius 1 is 1.62 bits per heavy atom. The Kier molecular flexibility index (Phi) is 1.42. The fourth-order valence-corrected chi connectivity index (χ4v) is 0.905. The van der Waals surface area contributed by atoms with Gasteiger partial charge in [0.1, 0.15) is 5.76 Å². The van der Waals surface area contributed by atoms with Gasteiger partial charge in [0.25, 0.3) is 0 Å². The second kappa shape index (κ2) is 2.07. The molecule has 8 heavy (non-hydrogen) atoms. The number of nitrogens with one attached hydrogen (secondary N) is 1. The fraction of sp³-hybridized carbons (Fsp3) is 0.667. The second-order valence-corrected chi connectivity index (χ2v) is 1.93. The number of hydrogen-bond donors (Lipinski definition) is 1. The summed E-state index contributed by atoms with van der Waals surface area (Å²) in [7, 11) is 1.71. The van der Waals surface area contributed by atoms with Crippen molar-refractivity contribution in [3.8, 4) is 0 Å².